The number of fused-ring (bicyclic) bond motifs is 5. The van der Waals surface area contributed by atoms with Crippen LogP contribution in [0.15, 0.2) is 42.6 Å². The first-order valence-corrected chi connectivity index (χ1v) is 14.9. The number of benzene rings is 1. The lowest BCUT2D eigenvalue weighted by molar-refractivity contribution is -0.0893. The van der Waals surface area contributed by atoms with Crippen molar-refractivity contribution in [3.63, 3.8) is 0 Å². The summed E-state index contributed by atoms with van der Waals surface area (Å²) in [7, 11) is 2.15. The molecule has 2 bridgehead atoms. The Kier molecular flexibility index (Phi) is 6.11. The predicted molar refractivity (Wildman–Crippen MR) is 161 cm³/mol. The Morgan fingerprint density at radius 2 is 1.90 bits per heavy atom. The quantitative estimate of drug-likeness (QED) is 0.445. The van der Waals surface area contributed by atoms with Gasteiger partial charge in [-0.2, -0.15) is 4.98 Å². The number of hydrogen-bond donors (Lipinski definition) is 2. The van der Waals surface area contributed by atoms with Gasteiger partial charge >= 0.3 is 0 Å². The summed E-state index contributed by atoms with van der Waals surface area (Å²) in [5, 5.41) is 14.0. The van der Waals surface area contributed by atoms with E-state index in [9.17, 15) is 5.11 Å². The number of rotatable bonds is 5. The molecule has 9 nitrogen and oxygen atoms in total. The lowest BCUT2D eigenvalue weighted by Gasteiger charge is -2.46. The Balaban J connectivity index is 1.22. The van der Waals surface area contributed by atoms with Gasteiger partial charge in [0.2, 0.25) is 5.95 Å². The van der Waals surface area contributed by atoms with Crippen molar-refractivity contribution < 1.29 is 14.2 Å². The minimum absolute atomic E-state index is 0.0249. The van der Waals surface area contributed by atoms with Gasteiger partial charge < -0.3 is 25.0 Å². The van der Waals surface area contributed by atoms with Crippen LogP contribution in [0.3, 0.4) is 0 Å². The third-order valence-corrected chi connectivity index (χ3v) is 9.74. The van der Waals surface area contributed by atoms with Gasteiger partial charge in [-0.1, -0.05) is 13.0 Å². The standard InChI is InChI=1S/C32H40FN7O2/c1-30(2)14-26-32(5,18-42-30)22-15-34-29(37-28(22)40(26)27-9-7-8-25(36-27)31(3,4)41)35-19-10-11-24(23(33)12-19)39-17-20-13-21(39)16-38(20)6/h7-12,15,20-21,26,41H,13-14,16-18H2,1-6H3,(H,34,35,37)/t20-,21-,26+,32+/m0/s1. The van der Waals surface area contributed by atoms with Gasteiger partial charge in [0.05, 0.1) is 29.6 Å². The number of halogens is 1. The Hall–Kier alpha value is -3.34. The second-order valence-electron chi connectivity index (χ2n) is 13.9. The van der Waals surface area contributed by atoms with Gasteiger partial charge in [-0.05, 0) is 77.9 Å². The molecule has 3 fully saturated rings. The number of pyridine rings is 1. The first kappa shape index (κ1) is 27.5. The highest BCUT2D eigenvalue weighted by atomic mass is 19.1. The van der Waals surface area contributed by atoms with Crippen LogP contribution >= 0.6 is 0 Å². The van der Waals surface area contributed by atoms with Crippen LogP contribution in [0.5, 0.6) is 0 Å². The van der Waals surface area contributed by atoms with E-state index < -0.39 is 5.60 Å². The molecule has 7 rings (SSSR count). The maximum absolute atomic E-state index is 15.4. The number of piperazine rings is 1. The van der Waals surface area contributed by atoms with E-state index in [0.29, 0.717) is 47.5 Å². The average molecular weight is 574 g/mol. The highest BCUT2D eigenvalue weighted by molar-refractivity contribution is 5.71. The van der Waals surface area contributed by atoms with Gasteiger partial charge in [-0.15, -0.1) is 0 Å². The van der Waals surface area contributed by atoms with Crippen LogP contribution in [0, 0.1) is 5.82 Å². The summed E-state index contributed by atoms with van der Waals surface area (Å²) in [5.41, 5.74) is 1.05. The topological polar surface area (TPSA) is 89.9 Å². The first-order valence-electron chi connectivity index (χ1n) is 14.9. The van der Waals surface area contributed by atoms with Crippen molar-refractivity contribution in [2.45, 2.75) is 82.2 Å². The Morgan fingerprint density at radius 3 is 2.60 bits per heavy atom. The fraction of sp³-hybridized carbons (Fsp3) is 0.531. The zero-order valence-electron chi connectivity index (χ0n) is 25.2. The molecule has 1 aromatic carbocycles. The second kappa shape index (κ2) is 9.33. The molecular formula is C32H40FN7O2. The number of hydrogen-bond acceptors (Lipinski definition) is 9. The van der Waals surface area contributed by atoms with E-state index in [1.807, 2.05) is 36.5 Å². The predicted octanol–water partition coefficient (Wildman–Crippen LogP) is 4.85. The summed E-state index contributed by atoms with van der Waals surface area (Å²) < 4.78 is 21.7. The average Bonchev–Trinajstić information content (AvgIpc) is 3.57. The van der Waals surface area contributed by atoms with Crippen LogP contribution in [-0.2, 0) is 15.8 Å². The van der Waals surface area contributed by atoms with Crippen molar-refractivity contribution in [1.29, 1.82) is 0 Å². The third-order valence-electron chi connectivity index (χ3n) is 9.74. The van der Waals surface area contributed by atoms with E-state index in [-0.39, 0.29) is 22.9 Å². The van der Waals surface area contributed by atoms with Crippen LogP contribution in [-0.4, -0.2) is 75.4 Å². The number of likely N-dealkylation sites (N-methyl/N-ethyl adjacent to an activating group) is 1. The van der Waals surface area contributed by atoms with Gasteiger partial charge in [0.1, 0.15) is 23.1 Å². The minimum atomic E-state index is -1.09. The van der Waals surface area contributed by atoms with Crippen molar-refractivity contribution in [1.82, 2.24) is 19.9 Å². The van der Waals surface area contributed by atoms with Gasteiger partial charge in [0.25, 0.3) is 0 Å². The van der Waals surface area contributed by atoms with Crippen LogP contribution < -0.4 is 15.1 Å². The van der Waals surface area contributed by atoms with Crippen molar-refractivity contribution in [3.8, 4) is 0 Å². The second-order valence-corrected chi connectivity index (χ2v) is 13.9. The molecule has 2 N–H and O–H groups in total. The summed E-state index contributed by atoms with van der Waals surface area (Å²) in [5.74, 6) is 1.60. The van der Waals surface area contributed by atoms with Crippen molar-refractivity contribution >= 4 is 29.0 Å². The molecule has 0 aliphatic carbocycles. The van der Waals surface area contributed by atoms with Crippen LogP contribution in [0.4, 0.5) is 33.3 Å². The van der Waals surface area contributed by atoms with Gasteiger partial charge in [0.15, 0.2) is 0 Å². The molecule has 222 valence electrons. The molecule has 0 radical (unpaired) electrons. The Morgan fingerprint density at radius 1 is 1.10 bits per heavy atom. The Bertz CT molecular complexity index is 1540. The number of anilines is 5. The molecule has 42 heavy (non-hydrogen) atoms. The molecule has 4 atom stereocenters. The largest absolute Gasteiger partial charge is 0.384 e. The fourth-order valence-corrected chi connectivity index (χ4v) is 7.27. The fourth-order valence-electron chi connectivity index (χ4n) is 7.27. The molecule has 0 amide bonds. The lowest BCUT2D eigenvalue weighted by Crippen LogP contribution is -2.54. The third kappa shape index (κ3) is 4.42. The van der Waals surface area contributed by atoms with Crippen molar-refractivity contribution in [3.05, 3.63) is 59.7 Å². The monoisotopic (exact) mass is 573 g/mol. The molecule has 3 saturated heterocycles. The number of aliphatic hydroxyl groups is 1. The normalized spacial score (nSPS) is 28.2. The maximum Gasteiger partial charge on any atom is 0.229 e. The van der Waals surface area contributed by atoms with E-state index in [4.69, 9.17) is 14.7 Å². The Labute approximate surface area is 246 Å². The molecule has 0 saturated carbocycles. The summed E-state index contributed by atoms with van der Waals surface area (Å²) in [4.78, 5) is 21.3. The molecule has 4 aliphatic heterocycles. The van der Waals surface area contributed by atoms with Gasteiger partial charge in [-0.3, -0.25) is 4.90 Å². The van der Waals surface area contributed by atoms with E-state index in [2.05, 4.69) is 52.8 Å². The van der Waals surface area contributed by atoms with Crippen LogP contribution in [0.2, 0.25) is 0 Å². The summed E-state index contributed by atoms with van der Waals surface area (Å²) in [6.45, 7) is 12.2. The maximum atomic E-state index is 15.4. The van der Waals surface area contributed by atoms with Crippen LogP contribution in [0.1, 0.15) is 58.7 Å². The molecule has 6 heterocycles. The molecule has 3 aromatic rings. The molecule has 10 heteroatoms. The minimum Gasteiger partial charge on any atom is -0.384 e. The van der Waals surface area contributed by atoms with E-state index in [1.54, 1.807) is 13.8 Å². The molecule has 2 aromatic heterocycles. The number of nitrogens with one attached hydrogen (secondary N) is 1. The van der Waals surface area contributed by atoms with Gasteiger partial charge in [0, 0.05) is 48.0 Å². The summed E-state index contributed by atoms with van der Waals surface area (Å²) in [6, 6.07) is 11.9. The van der Waals surface area contributed by atoms with E-state index in [1.165, 1.54) is 6.07 Å². The molecule has 0 spiro atoms. The number of likely N-dealkylation sites (tertiary alicyclic amines) is 1. The summed E-state index contributed by atoms with van der Waals surface area (Å²) >= 11 is 0. The number of ether oxygens (including phenoxy) is 1. The van der Waals surface area contributed by atoms with E-state index in [0.717, 1.165) is 37.3 Å². The SMILES string of the molecule is CN1C[C@@H]2C[C@H]1CN2c1ccc(Nc2ncc3c(n2)N(c2cccc(C(C)(C)O)n2)[C@@H]2CC(C)(C)OC[C@]32C)cc1F. The molecular weight excluding hydrogens is 533 g/mol. The van der Waals surface area contributed by atoms with Gasteiger partial charge in [-0.25, -0.2) is 14.4 Å². The van der Waals surface area contributed by atoms with Crippen molar-refractivity contribution in [2.75, 3.05) is 41.9 Å². The number of nitrogens with zero attached hydrogens (tertiary/aromatic N) is 6. The molecule has 0 unspecified atom stereocenters. The molecule has 4 aliphatic rings. The highest BCUT2D eigenvalue weighted by Crippen LogP contribution is 2.53. The van der Waals surface area contributed by atoms with Crippen molar-refractivity contribution in [2.24, 2.45) is 0 Å². The first-order chi connectivity index (χ1) is 19.8. The lowest BCUT2D eigenvalue weighted by atomic mass is 9.73. The van der Waals surface area contributed by atoms with Crippen LogP contribution in [0.25, 0.3) is 0 Å². The summed E-state index contributed by atoms with van der Waals surface area (Å²) in [6.07, 6.45) is 3.71. The smallest absolute Gasteiger partial charge is 0.229 e. The van der Waals surface area contributed by atoms with E-state index >= 15 is 4.39 Å². The highest BCUT2D eigenvalue weighted by Gasteiger charge is 2.55. The zero-order chi connectivity index (χ0) is 29.6. The number of aromatic nitrogens is 3. The zero-order valence-corrected chi connectivity index (χ0v) is 25.2.